The van der Waals surface area contributed by atoms with E-state index in [4.69, 9.17) is 9.29 Å². The summed E-state index contributed by atoms with van der Waals surface area (Å²) in [7, 11) is -6.30. The number of ether oxygens (including phenoxy) is 1. The molecule has 1 aliphatic rings. The number of hydrogen-bond donors (Lipinski definition) is 3. The van der Waals surface area contributed by atoms with Gasteiger partial charge in [-0.05, 0) is 47.4 Å². The highest BCUT2D eigenvalue weighted by Gasteiger charge is 2.20. The number of rotatable bonds is 7. The van der Waals surface area contributed by atoms with E-state index in [1.165, 1.54) is 7.11 Å². The zero-order chi connectivity index (χ0) is 21.2. The first-order valence-electron chi connectivity index (χ1n) is 8.76. The highest BCUT2D eigenvalue weighted by molar-refractivity contribution is 7.92. The molecule has 2 aromatic carbocycles. The van der Waals surface area contributed by atoms with Crippen molar-refractivity contribution in [3.8, 4) is 5.75 Å². The van der Waals surface area contributed by atoms with Crippen LogP contribution in [0.4, 0.5) is 11.4 Å². The van der Waals surface area contributed by atoms with E-state index in [-0.39, 0.29) is 5.69 Å². The molecule has 0 aromatic heterocycles. The van der Waals surface area contributed by atoms with Crippen molar-refractivity contribution in [2.45, 2.75) is 19.5 Å². The monoisotopic (exact) mass is 441 g/mol. The number of nitrogens with zero attached hydrogens (tertiary/aromatic N) is 1. The van der Waals surface area contributed by atoms with E-state index in [0.717, 1.165) is 29.5 Å². The van der Waals surface area contributed by atoms with Crippen LogP contribution in [-0.2, 0) is 39.8 Å². The van der Waals surface area contributed by atoms with Crippen molar-refractivity contribution in [2.24, 2.45) is 0 Å². The summed E-state index contributed by atoms with van der Waals surface area (Å²) in [6, 6.07) is 10.7. The Bertz CT molecular complexity index is 1120. The van der Waals surface area contributed by atoms with Crippen LogP contribution >= 0.6 is 0 Å². The fourth-order valence-electron chi connectivity index (χ4n) is 3.37. The summed E-state index contributed by atoms with van der Waals surface area (Å²) in [6.07, 6.45) is 1.81. The molecule has 0 unspecified atom stereocenters. The first kappa shape index (κ1) is 21.4. The second kappa shape index (κ2) is 8.19. The van der Waals surface area contributed by atoms with Crippen molar-refractivity contribution in [3.05, 3.63) is 53.1 Å². The minimum Gasteiger partial charge on any atom is -0.495 e. The van der Waals surface area contributed by atoms with Crippen molar-refractivity contribution in [3.63, 3.8) is 0 Å². The Balaban J connectivity index is 1.77. The van der Waals surface area contributed by atoms with Crippen LogP contribution < -0.4 is 14.2 Å². The van der Waals surface area contributed by atoms with E-state index < -0.39 is 20.3 Å². The molecule has 158 valence electrons. The Morgan fingerprint density at radius 3 is 2.52 bits per heavy atom. The van der Waals surface area contributed by atoms with Gasteiger partial charge in [-0.1, -0.05) is 12.1 Å². The van der Waals surface area contributed by atoms with Gasteiger partial charge in [0.2, 0.25) is 10.0 Å². The lowest BCUT2D eigenvalue weighted by Crippen LogP contribution is -2.30. The molecule has 0 radical (unpaired) electrons. The average molecular weight is 442 g/mol. The van der Waals surface area contributed by atoms with Crippen LogP contribution in [0.2, 0.25) is 0 Å². The van der Waals surface area contributed by atoms with E-state index in [0.29, 0.717) is 30.9 Å². The van der Waals surface area contributed by atoms with Crippen molar-refractivity contribution < 1.29 is 26.1 Å². The van der Waals surface area contributed by atoms with E-state index in [9.17, 15) is 16.8 Å². The molecule has 0 amide bonds. The van der Waals surface area contributed by atoms with Crippen molar-refractivity contribution in [1.82, 2.24) is 4.90 Å². The molecule has 0 saturated carbocycles. The van der Waals surface area contributed by atoms with Gasteiger partial charge < -0.3 is 4.74 Å². The smallest absolute Gasteiger partial charge is 0.357 e. The Labute approximate surface area is 170 Å². The Kier molecular flexibility index (Phi) is 6.03. The normalized spacial score (nSPS) is 14.9. The van der Waals surface area contributed by atoms with Crippen LogP contribution in [-0.4, -0.2) is 46.2 Å². The van der Waals surface area contributed by atoms with Crippen LogP contribution in [0, 0.1) is 0 Å². The molecular formula is C18H23N3O6S2. The molecule has 9 nitrogen and oxygen atoms in total. The van der Waals surface area contributed by atoms with Gasteiger partial charge in [-0.25, -0.2) is 8.42 Å². The summed E-state index contributed by atoms with van der Waals surface area (Å²) < 4.78 is 64.0. The van der Waals surface area contributed by atoms with Crippen molar-refractivity contribution in [1.29, 1.82) is 0 Å². The molecule has 0 fully saturated rings. The number of fused-ring (bicyclic) bond motifs is 1. The summed E-state index contributed by atoms with van der Waals surface area (Å²) in [5, 5.41) is 0. The van der Waals surface area contributed by atoms with Crippen molar-refractivity contribution in [2.75, 3.05) is 29.4 Å². The fraction of sp³-hybridized carbons (Fsp3) is 0.333. The summed E-state index contributed by atoms with van der Waals surface area (Å²) in [4.78, 5) is 2.21. The van der Waals surface area contributed by atoms with Gasteiger partial charge in [-0.2, -0.15) is 8.42 Å². The van der Waals surface area contributed by atoms with E-state index in [2.05, 4.69) is 14.3 Å². The molecule has 11 heteroatoms. The van der Waals surface area contributed by atoms with Gasteiger partial charge in [-0.15, -0.1) is 0 Å². The third kappa shape index (κ3) is 6.07. The second-order valence-electron chi connectivity index (χ2n) is 6.93. The number of anilines is 2. The Hall–Kier alpha value is -2.34. The third-order valence-electron chi connectivity index (χ3n) is 4.49. The molecule has 0 aliphatic carbocycles. The minimum atomic E-state index is -4.39. The molecule has 29 heavy (non-hydrogen) atoms. The van der Waals surface area contributed by atoms with Gasteiger partial charge in [0.05, 0.1) is 19.1 Å². The standard InChI is InChI=1S/C18H23N3O6S2/c1-27-18-10-15-12-21(7-6-14(15)9-17(18)20-29(24,25)26)11-13-4-3-5-16(8-13)19-28(2,22)23/h3-5,8-10,19-20H,6-7,11-12H2,1-2H3,(H,24,25,26). The number of methoxy groups -OCH3 is 1. The van der Waals surface area contributed by atoms with Crippen LogP contribution in [0.5, 0.6) is 5.75 Å². The number of nitrogens with one attached hydrogen (secondary N) is 2. The Morgan fingerprint density at radius 2 is 1.86 bits per heavy atom. The number of sulfonamides is 1. The average Bonchev–Trinajstić information content (AvgIpc) is 2.59. The van der Waals surface area contributed by atoms with Crippen LogP contribution in [0.25, 0.3) is 0 Å². The molecule has 2 aromatic rings. The van der Waals surface area contributed by atoms with Gasteiger partial charge in [0.1, 0.15) is 5.75 Å². The molecule has 0 saturated heterocycles. The van der Waals surface area contributed by atoms with E-state index >= 15 is 0 Å². The summed E-state index contributed by atoms with van der Waals surface area (Å²) in [6.45, 7) is 2.00. The van der Waals surface area contributed by atoms with Gasteiger partial charge in [0, 0.05) is 25.3 Å². The first-order chi connectivity index (χ1) is 13.5. The molecule has 1 aliphatic heterocycles. The number of hydrogen-bond acceptors (Lipinski definition) is 6. The predicted octanol–water partition coefficient (Wildman–Crippen LogP) is 1.84. The molecule has 0 spiro atoms. The molecule has 0 bridgehead atoms. The van der Waals surface area contributed by atoms with Gasteiger partial charge in [0.15, 0.2) is 0 Å². The molecule has 3 rings (SSSR count). The fourth-order valence-corrected chi connectivity index (χ4v) is 4.37. The first-order valence-corrected chi connectivity index (χ1v) is 12.1. The van der Waals surface area contributed by atoms with E-state index in [1.54, 1.807) is 30.3 Å². The molecule has 1 heterocycles. The summed E-state index contributed by atoms with van der Waals surface area (Å²) >= 11 is 0. The quantitative estimate of drug-likeness (QED) is 0.560. The topological polar surface area (TPSA) is 125 Å². The second-order valence-corrected chi connectivity index (χ2v) is 9.84. The predicted molar refractivity (Wildman–Crippen MR) is 111 cm³/mol. The minimum absolute atomic E-state index is 0.196. The van der Waals surface area contributed by atoms with Crippen molar-refractivity contribution >= 4 is 31.7 Å². The highest BCUT2D eigenvalue weighted by Crippen LogP contribution is 2.32. The van der Waals surface area contributed by atoms with Crippen LogP contribution in [0.15, 0.2) is 36.4 Å². The van der Waals surface area contributed by atoms with Gasteiger partial charge in [0.25, 0.3) is 0 Å². The third-order valence-corrected chi connectivity index (χ3v) is 5.57. The number of benzene rings is 2. The highest BCUT2D eigenvalue weighted by atomic mass is 32.2. The summed E-state index contributed by atoms with van der Waals surface area (Å²) in [5.74, 6) is 0.322. The van der Waals surface area contributed by atoms with Gasteiger partial charge in [-0.3, -0.25) is 18.9 Å². The molecule has 0 atom stereocenters. The van der Waals surface area contributed by atoms with Crippen LogP contribution in [0.1, 0.15) is 16.7 Å². The maximum absolute atomic E-state index is 11.4. The lowest BCUT2D eigenvalue weighted by molar-refractivity contribution is 0.245. The van der Waals surface area contributed by atoms with E-state index in [1.807, 2.05) is 6.07 Å². The maximum atomic E-state index is 11.4. The molecular weight excluding hydrogens is 418 g/mol. The van der Waals surface area contributed by atoms with Crippen LogP contribution in [0.3, 0.4) is 0 Å². The lowest BCUT2D eigenvalue weighted by atomic mass is 9.98. The largest absolute Gasteiger partial charge is 0.495 e. The lowest BCUT2D eigenvalue weighted by Gasteiger charge is -2.29. The zero-order valence-electron chi connectivity index (χ0n) is 16.0. The SMILES string of the molecule is COc1cc2c(cc1NS(=O)(=O)O)CCN(Cc1cccc(NS(C)(=O)=O)c1)C2. The molecule has 3 N–H and O–H groups in total. The zero-order valence-corrected chi connectivity index (χ0v) is 17.7. The van der Waals surface area contributed by atoms with Gasteiger partial charge >= 0.3 is 10.3 Å². The Morgan fingerprint density at radius 1 is 1.10 bits per heavy atom. The maximum Gasteiger partial charge on any atom is 0.357 e. The summed E-state index contributed by atoms with van der Waals surface area (Å²) in [5.41, 5.74) is 3.66.